The molecule has 0 unspecified atom stereocenters. The summed E-state index contributed by atoms with van der Waals surface area (Å²) in [5, 5.41) is 2.87. The van der Waals surface area contributed by atoms with Crippen LogP contribution in [0.1, 0.15) is 16.2 Å². The third kappa shape index (κ3) is 4.17. The molecule has 0 radical (unpaired) electrons. The van der Waals surface area contributed by atoms with Crippen molar-refractivity contribution in [2.24, 2.45) is 0 Å². The van der Waals surface area contributed by atoms with Crippen molar-refractivity contribution in [3.63, 3.8) is 0 Å². The van der Waals surface area contributed by atoms with Crippen molar-refractivity contribution in [2.75, 3.05) is 6.54 Å². The van der Waals surface area contributed by atoms with Gasteiger partial charge in [-0.05, 0) is 48.6 Å². The van der Waals surface area contributed by atoms with E-state index >= 15 is 0 Å². The van der Waals surface area contributed by atoms with E-state index in [-0.39, 0.29) is 11.7 Å². The Balaban J connectivity index is 1.40. The van der Waals surface area contributed by atoms with E-state index in [0.29, 0.717) is 40.6 Å². The summed E-state index contributed by atoms with van der Waals surface area (Å²) < 4.78 is 20.6. The van der Waals surface area contributed by atoms with Crippen LogP contribution in [0.5, 0.6) is 0 Å². The molecule has 2 N–H and O–H groups in total. The van der Waals surface area contributed by atoms with Crippen LogP contribution in [-0.4, -0.2) is 27.0 Å². The van der Waals surface area contributed by atoms with Crippen molar-refractivity contribution in [1.29, 1.82) is 0 Å². The molecule has 2 aromatic carbocycles. The summed E-state index contributed by atoms with van der Waals surface area (Å²) >= 11 is 5.30. The predicted octanol–water partition coefficient (Wildman–Crippen LogP) is 4.30. The molecule has 0 aliphatic heterocycles. The summed E-state index contributed by atoms with van der Waals surface area (Å²) in [6, 6.07) is 15.3. The van der Waals surface area contributed by atoms with E-state index in [9.17, 15) is 9.18 Å². The summed E-state index contributed by atoms with van der Waals surface area (Å²) in [7, 11) is 0. The zero-order valence-electron chi connectivity index (χ0n) is 15.3. The number of benzene rings is 2. The number of nitrogens with zero attached hydrogens (tertiary/aromatic N) is 2. The maximum atomic E-state index is 13.0. The van der Waals surface area contributed by atoms with Crippen molar-refractivity contribution >= 4 is 18.1 Å². The normalized spacial score (nSPS) is 10.8. The number of aromatic nitrogens is 3. The van der Waals surface area contributed by atoms with Gasteiger partial charge in [0.25, 0.3) is 5.91 Å². The number of carbonyl (C=O) groups is 1. The van der Waals surface area contributed by atoms with Crippen LogP contribution in [0, 0.1) is 10.6 Å². The Morgan fingerprint density at radius 1 is 1.17 bits per heavy atom. The van der Waals surface area contributed by atoms with Gasteiger partial charge in [-0.2, -0.15) is 0 Å². The molecule has 0 saturated carbocycles. The van der Waals surface area contributed by atoms with Crippen molar-refractivity contribution < 1.29 is 13.6 Å². The van der Waals surface area contributed by atoms with E-state index in [1.54, 1.807) is 22.9 Å². The molecule has 0 saturated heterocycles. The molecular weight excluding hydrogens is 391 g/mol. The summed E-state index contributed by atoms with van der Waals surface area (Å²) in [6.45, 7) is 0.376. The molecule has 4 aromatic rings. The predicted molar refractivity (Wildman–Crippen MR) is 109 cm³/mol. The Bertz CT molecular complexity index is 1180. The van der Waals surface area contributed by atoms with Crippen LogP contribution in [0.15, 0.2) is 71.5 Å². The van der Waals surface area contributed by atoms with Gasteiger partial charge in [0.1, 0.15) is 17.8 Å². The van der Waals surface area contributed by atoms with Crippen LogP contribution in [0.4, 0.5) is 4.39 Å². The van der Waals surface area contributed by atoms with Crippen molar-refractivity contribution in [3.8, 4) is 17.1 Å². The van der Waals surface area contributed by atoms with Gasteiger partial charge in [0.15, 0.2) is 4.77 Å². The molecule has 0 spiro atoms. The number of amides is 1. The topological polar surface area (TPSA) is 75.8 Å². The number of halogens is 1. The highest BCUT2D eigenvalue weighted by molar-refractivity contribution is 7.71. The van der Waals surface area contributed by atoms with Gasteiger partial charge in [-0.1, -0.05) is 18.2 Å². The summed E-state index contributed by atoms with van der Waals surface area (Å²) in [5.41, 5.74) is 2.62. The van der Waals surface area contributed by atoms with E-state index in [0.717, 1.165) is 5.69 Å². The quantitative estimate of drug-likeness (QED) is 0.467. The lowest BCUT2D eigenvalue weighted by Gasteiger charge is -2.08. The maximum absolute atomic E-state index is 13.0. The van der Waals surface area contributed by atoms with Gasteiger partial charge < -0.3 is 14.7 Å². The van der Waals surface area contributed by atoms with Gasteiger partial charge in [-0.25, -0.2) is 9.37 Å². The SMILES string of the molecule is O=C(NCCc1coc(-c2ccc(F)cc2)n1)c1c[nH]c(=S)n1-c1ccccc1. The zero-order chi connectivity index (χ0) is 20.2. The molecule has 146 valence electrons. The first-order valence-electron chi connectivity index (χ1n) is 8.96. The third-order valence-electron chi connectivity index (χ3n) is 4.33. The number of H-pyrrole nitrogens is 1. The summed E-state index contributed by atoms with van der Waals surface area (Å²) in [4.78, 5) is 19.9. The smallest absolute Gasteiger partial charge is 0.269 e. The van der Waals surface area contributed by atoms with Gasteiger partial charge in [-0.15, -0.1) is 0 Å². The zero-order valence-corrected chi connectivity index (χ0v) is 16.1. The second kappa shape index (κ2) is 8.24. The third-order valence-corrected chi connectivity index (χ3v) is 4.63. The molecule has 0 aliphatic rings. The van der Waals surface area contributed by atoms with Gasteiger partial charge >= 0.3 is 0 Å². The minimum Gasteiger partial charge on any atom is -0.444 e. The fraction of sp³-hybridized carbons (Fsp3) is 0.0952. The van der Waals surface area contributed by atoms with E-state index in [4.69, 9.17) is 16.6 Å². The first kappa shape index (κ1) is 18.8. The standard InChI is InChI=1S/C21H17FN4O2S/c22-15-8-6-14(7-9-15)20-25-16(13-28-20)10-11-23-19(27)18-12-24-21(29)26(18)17-4-2-1-3-5-17/h1-9,12-13H,10-11H2,(H,23,27)(H,24,29). The Kier molecular flexibility index (Phi) is 5.35. The largest absolute Gasteiger partial charge is 0.444 e. The van der Waals surface area contributed by atoms with Crippen molar-refractivity contribution in [3.05, 3.63) is 89.0 Å². The average Bonchev–Trinajstić information content (AvgIpc) is 3.36. The summed E-state index contributed by atoms with van der Waals surface area (Å²) in [5.74, 6) is -0.152. The Morgan fingerprint density at radius 3 is 2.69 bits per heavy atom. The van der Waals surface area contributed by atoms with Crippen LogP contribution < -0.4 is 5.32 Å². The molecule has 0 aliphatic carbocycles. The number of rotatable bonds is 6. The summed E-state index contributed by atoms with van der Waals surface area (Å²) in [6.07, 6.45) is 3.62. The van der Waals surface area contributed by atoms with Crippen LogP contribution >= 0.6 is 12.2 Å². The number of aromatic amines is 1. The molecule has 0 atom stereocenters. The maximum Gasteiger partial charge on any atom is 0.269 e. The van der Waals surface area contributed by atoms with Gasteiger partial charge in [0.05, 0.1) is 5.69 Å². The number of nitrogens with one attached hydrogen (secondary N) is 2. The van der Waals surface area contributed by atoms with Crippen LogP contribution in [0.2, 0.25) is 0 Å². The Morgan fingerprint density at radius 2 is 1.93 bits per heavy atom. The molecule has 0 bridgehead atoms. The fourth-order valence-electron chi connectivity index (χ4n) is 2.91. The molecule has 4 rings (SSSR count). The molecule has 29 heavy (non-hydrogen) atoms. The van der Waals surface area contributed by atoms with E-state index in [1.807, 2.05) is 30.3 Å². The monoisotopic (exact) mass is 408 g/mol. The molecule has 8 heteroatoms. The number of hydrogen-bond acceptors (Lipinski definition) is 4. The molecule has 2 heterocycles. The van der Waals surface area contributed by atoms with E-state index in [1.165, 1.54) is 18.4 Å². The highest BCUT2D eigenvalue weighted by Gasteiger charge is 2.14. The minimum absolute atomic E-state index is 0.247. The van der Waals surface area contributed by atoms with Crippen LogP contribution in [-0.2, 0) is 6.42 Å². The average molecular weight is 408 g/mol. The molecular formula is C21H17FN4O2S. The fourth-order valence-corrected chi connectivity index (χ4v) is 3.17. The Labute approximate surface area is 171 Å². The lowest BCUT2D eigenvalue weighted by molar-refractivity contribution is 0.0947. The first-order valence-corrected chi connectivity index (χ1v) is 9.37. The number of oxazole rings is 1. The first-order chi connectivity index (χ1) is 14.1. The van der Waals surface area contributed by atoms with E-state index < -0.39 is 0 Å². The van der Waals surface area contributed by atoms with E-state index in [2.05, 4.69) is 15.3 Å². The van der Waals surface area contributed by atoms with Gasteiger partial charge in [-0.3, -0.25) is 9.36 Å². The van der Waals surface area contributed by atoms with Crippen molar-refractivity contribution in [1.82, 2.24) is 19.9 Å². The van der Waals surface area contributed by atoms with Crippen molar-refractivity contribution in [2.45, 2.75) is 6.42 Å². The molecule has 0 fully saturated rings. The van der Waals surface area contributed by atoms with Crippen LogP contribution in [0.25, 0.3) is 17.1 Å². The molecule has 1 amide bonds. The number of hydrogen-bond donors (Lipinski definition) is 2. The highest BCUT2D eigenvalue weighted by Crippen LogP contribution is 2.19. The molecule has 6 nitrogen and oxygen atoms in total. The number of imidazole rings is 1. The minimum atomic E-state index is -0.317. The van der Waals surface area contributed by atoms with Gasteiger partial charge in [0.2, 0.25) is 5.89 Å². The Hall–Kier alpha value is -3.52. The number of carbonyl (C=O) groups excluding carboxylic acids is 1. The second-order valence-electron chi connectivity index (χ2n) is 6.31. The highest BCUT2D eigenvalue weighted by atomic mass is 32.1. The second-order valence-corrected chi connectivity index (χ2v) is 6.69. The lowest BCUT2D eigenvalue weighted by atomic mass is 10.2. The number of para-hydroxylation sites is 1. The van der Waals surface area contributed by atoms with Gasteiger partial charge in [0, 0.05) is 30.4 Å². The van der Waals surface area contributed by atoms with Crippen LogP contribution in [0.3, 0.4) is 0 Å². The lowest BCUT2D eigenvalue weighted by Crippen LogP contribution is -2.27. The molecule has 2 aromatic heterocycles.